The van der Waals surface area contributed by atoms with Crippen LogP contribution < -0.4 is 0 Å². The summed E-state index contributed by atoms with van der Waals surface area (Å²) in [6, 6.07) is 5.22. The summed E-state index contributed by atoms with van der Waals surface area (Å²) in [6.45, 7) is 0. The number of aryl methyl sites for hydroxylation is 1. The summed E-state index contributed by atoms with van der Waals surface area (Å²) in [5.74, 6) is 0.239. The molecule has 0 amide bonds. The van der Waals surface area contributed by atoms with Gasteiger partial charge in [0.25, 0.3) is 0 Å². The van der Waals surface area contributed by atoms with Crippen LogP contribution in [0.15, 0.2) is 18.2 Å². The third-order valence-electron chi connectivity index (χ3n) is 2.36. The Morgan fingerprint density at radius 1 is 1.33 bits per heavy atom. The van der Waals surface area contributed by atoms with E-state index in [4.69, 9.17) is 5.11 Å². The van der Waals surface area contributed by atoms with Crippen molar-refractivity contribution >= 4 is 0 Å². The lowest BCUT2D eigenvalue weighted by molar-refractivity contribution is 0.301. The fourth-order valence-electron chi connectivity index (χ4n) is 1.70. The van der Waals surface area contributed by atoms with Crippen molar-refractivity contribution in [3.63, 3.8) is 0 Å². The van der Waals surface area contributed by atoms with Crippen LogP contribution in [0.1, 0.15) is 17.5 Å². The third-order valence-corrected chi connectivity index (χ3v) is 2.36. The predicted molar refractivity (Wildman–Crippen MR) is 45.0 cm³/mol. The molecular weight excluding hydrogens is 155 g/mol. The van der Waals surface area contributed by atoms with Gasteiger partial charge in [-0.05, 0) is 36.1 Å². The molecule has 1 aromatic carbocycles. The average Bonchev–Trinajstić information content (AvgIpc) is 2.03. The number of alkyl halides is 1. The molecule has 1 unspecified atom stereocenters. The van der Waals surface area contributed by atoms with E-state index in [0.717, 1.165) is 12.0 Å². The van der Waals surface area contributed by atoms with E-state index in [1.54, 1.807) is 12.1 Å². The molecule has 12 heavy (non-hydrogen) atoms. The fraction of sp³-hybridized carbons (Fsp3) is 0.400. The maximum Gasteiger partial charge on any atom is 0.115 e. The van der Waals surface area contributed by atoms with Crippen molar-refractivity contribution in [1.29, 1.82) is 0 Å². The molecule has 1 aliphatic carbocycles. The van der Waals surface area contributed by atoms with E-state index in [0.29, 0.717) is 12.8 Å². The molecule has 64 valence electrons. The zero-order valence-corrected chi connectivity index (χ0v) is 6.76. The van der Waals surface area contributed by atoms with E-state index in [2.05, 4.69) is 0 Å². The van der Waals surface area contributed by atoms with E-state index >= 15 is 0 Å². The smallest absolute Gasteiger partial charge is 0.115 e. The molecule has 0 fully saturated rings. The lowest BCUT2D eigenvalue weighted by Crippen LogP contribution is -2.14. The fourth-order valence-corrected chi connectivity index (χ4v) is 1.70. The lowest BCUT2D eigenvalue weighted by atomic mass is 9.90. The molecule has 0 saturated carbocycles. The summed E-state index contributed by atoms with van der Waals surface area (Å²) in [4.78, 5) is 0. The first-order valence-electron chi connectivity index (χ1n) is 4.20. The zero-order valence-electron chi connectivity index (χ0n) is 6.76. The molecule has 0 saturated heterocycles. The summed E-state index contributed by atoms with van der Waals surface area (Å²) < 4.78 is 12.9. The molecule has 0 aromatic heterocycles. The van der Waals surface area contributed by atoms with Gasteiger partial charge in [-0.1, -0.05) is 6.07 Å². The van der Waals surface area contributed by atoms with Gasteiger partial charge in [-0.2, -0.15) is 0 Å². The van der Waals surface area contributed by atoms with Crippen LogP contribution >= 0.6 is 0 Å². The Labute approximate surface area is 70.8 Å². The van der Waals surface area contributed by atoms with Crippen molar-refractivity contribution in [1.82, 2.24) is 0 Å². The van der Waals surface area contributed by atoms with Gasteiger partial charge in [-0.15, -0.1) is 0 Å². The molecule has 1 nitrogen and oxygen atoms in total. The van der Waals surface area contributed by atoms with Crippen LogP contribution in [0.25, 0.3) is 0 Å². The second-order valence-electron chi connectivity index (χ2n) is 3.29. The predicted octanol–water partition coefficient (Wildman–Crippen LogP) is 2.22. The molecule has 1 atom stereocenters. The molecule has 0 heterocycles. The number of hydrogen-bond donors (Lipinski definition) is 1. The summed E-state index contributed by atoms with van der Waals surface area (Å²) in [7, 11) is 0. The first kappa shape index (κ1) is 7.59. The van der Waals surface area contributed by atoms with E-state index < -0.39 is 6.17 Å². The van der Waals surface area contributed by atoms with Gasteiger partial charge in [0.1, 0.15) is 11.9 Å². The number of hydrogen-bond acceptors (Lipinski definition) is 1. The number of benzene rings is 1. The summed E-state index contributed by atoms with van der Waals surface area (Å²) in [5, 5.41) is 9.15. The van der Waals surface area contributed by atoms with Gasteiger partial charge in [-0.25, -0.2) is 4.39 Å². The summed E-state index contributed by atoms with van der Waals surface area (Å²) >= 11 is 0. The highest BCUT2D eigenvalue weighted by Crippen LogP contribution is 2.26. The Kier molecular flexibility index (Phi) is 1.75. The normalized spacial score (nSPS) is 21.9. The third kappa shape index (κ3) is 1.29. The highest BCUT2D eigenvalue weighted by molar-refractivity contribution is 5.36. The number of phenols is 1. The maximum atomic E-state index is 12.9. The van der Waals surface area contributed by atoms with E-state index in [-0.39, 0.29) is 5.75 Å². The quantitative estimate of drug-likeness (QED) is 0.626. The summed E-state index contributed by atoms with van der Waals surface area (Å²) in [6.07, 6.45) is 1.16. The second-order valence-corrected chi connectivity index (χ2v) is 3.29. The molecule has 0 spiro atoms. The molecule has 1 aliphatic rings. The van der Waals surface area contributed by atoms with Crippen LogP contribution in [0.3, 0.4) is 0 Å². The molecular formula is C10H11FO. The molecule has 2 rings (SSSR count). The summed E-state index contributed by atoms with van der Waals surface area (Å²) in [5.41, 5.74) is 2.15. The first-order chi connectivity index (χ1) is 5.75. The Morgan fingerprint density at radius 2 is 2.17 bits per heavy atom. The molecule has 1 N–H and O–H groups in total. The van der Waals surface area contributed by atoms with Crippen LogP contribution in [-0.4, -0.2) is 11.3 Å². The van der Waals surface area contributed by atoms with E-state index in [1.165, 1.54) is 5.56 Å². The number of halogens is 1. The van der Waals surface area contributed by atoms with Crippen molar-refractivity contribution in [2.75, 3.05) is 0 Å². The van der Waals surface area contributed by atoms with Gasteiger partial charge in [0.05, 0.1) is 0 Å². The standard InChI is InChI=1S/C10H11FO/c11-9-3-1-7-2-4-10(12)6-8(7)5-9/h2,4,6,9,12H,1,3,5H2. The van der Waals surface area contributed by atoms with Gasteiger partial charge in [-0.3, -0.25) is 0 Å². The Balaban J connectivity index is 2.37. The minimum Gasteiger partial charge on any atom is -0.508 e. The van der Waals surface area contributed by atoms with Crippen molar-refractivity contribution < 1.29 is 9.50 Å². The van der Waals surface area contributed by atoms with Crippen molar-refractivity contribution in [3.05, 3.63) is 29.3 Å². The van der Waals surface area contributed by atoms with Crippen LogP contribution in [0.2, 0.25) is 0 Å². The van der Waals surface area contributed by atoms with Gasteiger partial charge in [0.2, 0.25) is 0 Å². The highest BCUT2D eigenvalue weighted by Gasteiger charge is 2.17. The number of aromatic hydroxyl groups is 1. The molecule has 0 aliphatic heterocycles. The van der Waals surface area contributed by atoms with Gasteiger partial charge in [0, 0.05) is 6.42 Å². The van der Waals surface area contributed by atoms with E-state index in [9.17, 15) is 4.39 Å². The van der Waals surface area contributed by atoms with E-state index in [1.807, 2.05) is 6.07 Å². The van der Waals surface area contributed by atoms with Crippen LogP contribution in [0.5, 0.6) is 5.75 Å². The topological polar surface area (TPSA) is 20.2 Å². The first-order valence-corrected chi connectivity index (χ1v) is 4.20. The van der Waals surface area contributed by atoms with Crippen molar-refractivity contribution in [2.24, 2.45) is 0 Å². The number of phenolic OH excluding ortho intramolecular Hbond substituents is 1. The minimum atomic E-state index is -0.723. The SMILES string of the molecule is Oc1ccc2c(c1)CC(F)CC2. The lowest BCUT2D eigenvalue weighted by Gasteiger charge is -2.18. The molecule has 0 bridgehead atoms. The van der Waals surface area contributed by atoms with Crippen LogP contribution in [0, 0.1) is 0 Å². The highest BCUT2D eigenvalue weighted by atomic mass is 19.1. The maximum absolute atomic E-state index is 12.9. The van der Waals surface area contributed by atoms with Crippen LogP contribution in [0.4, 0.5) is 4.39 Å². The van der Waals surface area contributed by atoms with Crippen molar-refractivity contribution in [2.45, 2.75) is 25.4 Å². The van der Waals surface area contributed by atoms with Crippen LogP contribution in [-0.2, 0) is 12.8 Å². The largest absolute Gasteiger partial charge is 0.508 e. The molecule has 0 radical (unpaired) electrons. The van der Waals surface area contributed by atoms with Gasteiger partial charge < -0.3 is 5.11 Å². The monoisotopic (exact) mass is 166 g/mol. The van der Waals surface area contributed by atoms with Crippen molar-refractivity contribution in [3.8, 4) is 5.75 Å². The Bertz CT molecular complexity index is 296. The zero-order chi connectivity index (χ0) is 8.55. The molecule has 2 heteroatoms. The van der Waals surface area contributed by atoms with Gasteiger partial charge in [0.15, 0.2) is 0 Å². The Hall–Kier alpha value is -1.05. The number of rotatable bonds is 0. The minimum absolute atomic E-state index is 0.239. The van der Waals surface area contributed by atoms with Gasteiger partial charge >= 0.3 is 0 Å². The molecule has 1 aromatic rings. The average molecular weight is 166 g/mol. The number of fused-ring (bicyclic) bond motifs is 1. The second kappa shape index (κ2) is 2.77. The Morgan fingerprint density at radius 3 is 3.00 bits per heavy atom.